The Hall–Kier alpha value is -1.48. The summed E-state index contributed by atoms with van der Waals surface area (Å²) < 4.78 is 32.7. The van der Waals surface area contributed by atoms with Crippen molar-refractivity contribution in [3.05, 3.63) is 41.4 Å². The Kier molecular flexibility index (Phi) is 4.44. The largest absolute Gasteiger partial charge is 0.373 e. The van der Waals surface area contributed by atoms with Gasteiger partial charge in [0.15, 0.2) is 0 Å². The first-order valence-corrected chi connectivity index (χ1v) is 9.23. The third-order valence-corrected chi connectivity index (χ3v) is 6.71. The van der Waals surface area contributed by atoms with Crippen LogP contribution in [0.25, 0.3) is 0 Å². The highest BCUT2D eigenvalue weighted by Gasteiger charge is 2.32. The van der Waals surface area contributed by atoms with Gasteiger partial charge in [-0.2, -0.15) is 4.31 Å². The molecule has 0 bridgehead atoms. The number of thiophene rings is 1. The van der Waals surface area contributed by atoms with Gasteiger partial charge in [0.2, 0.25) is 0 Å². The fourth-order valence-corrected chi connectivity index (χ4v) is 4.90. The normalized spacial score (nSPS) is 20.0. The molecule has 0 spiro atoms. The number of morpholine rings is 1. The molecular formula is C14H17N3O3S2. The molecule has 0 amide bonds. The molecule has 2 aromatic rings. The highest BCUT2D eigenvalue weighted by molar-refractivity contribution is 7.91. The molecule has 1 saturated heterocycles. The van der Waals surface area contributed by atoms with E-state index in [4.69, 9.17) is 4.74 Å². The molecule has 1 aliphatic rings. The van der Waals surface area contributed by atoms with Crippen molar-refractivity contribution in [2.75, 3.05) is 32.1 Å². The van der Waals surface area contributed by atoms with Crippen molar-refractivity contribution in [1.82, 2.24) is 9.29 Å². The zero-order chi connectivity index (χ0) is 15.6. The summed E-state index contributed by atoms with van der Waals surface area (Å²) in [6.07, 6.45) is -0.350. The zero-order valence-corrected chi connectivity index (χ0v) is 13.7. The van der Waals surface area contributed by atoms with Crippen molar-refractivity contribution in [2.45, 2.75) is 10.3 Å². The first-order chi connectivity index (χ1) is 10.6. The van der Waals surface area contributed by atoms with Gasteiger partial charge in [-0.05, 0) is 23.6 Å². The molecule has 3 rings (SSSR count). The molecule has 118 valence electrons. The van der Waals surface area contributed by atoms with E-state index in [0.29, 0.717) is 17.4 Å². The van der Waals surface area contributed by atoms with Gasteiger partial charge in [0.05, 0.1) is 12.3 Å². The zero-order valence-electron chi connectivity index (χ0n) is 12.1. The Morgan fingerprint density at radius 3 is 2.95 bits per heavy atom. The van der Waals surface area contributed by atoms with Gasteiger partial charge in [-0.25, -0.2) is 13.4 Å². The second-order valence-electron chi connectivity index (χ2n) is 4.85. The Labute approximate surface area is 133 Å². The number of sulfonamides is 1. The second-order valence-corrected chi connectivity index (χ2v) is 7.96. The predicted octanol–water partition coefficient (Wildman–Crippen LogP) is 1.95. The van der Waals surface area contributed by atoms with Gasteiger partial charge in [0, 0.05) is 20.1 Å². The lowest BCUT2D eigenvalue weighted by Crippen LogP contribution is -2.42. The number of hydrogen-bond acceptors (Lipinski definition) is 6. The fraction of sp³-hybridized carbons (Fsp3) is 0.357. The summed E-state index contributed by atoms with van der Waals surface area (Å²) in [5.41, 5.74) is 0.734. The molecule has 1 N–H and O–H groups in total. The van der Waals surface area contributed by atoms with Crippen molar-refractivity contribution in [2.24, 2.45) is 0 Å². The number of aromatic nitrogens is 1. The van der Waals surface area contributed by atoms with E-state index in [1.807, 2.05) is 18.2 Å². The molecule has 1 aliphatic heterocycles. The van der Waals surface area contributed by atoms with E-state index in [2.05, 4.69) is 10.3 Å². The molecule has 1 atom stereocenters. The van der Waals surface area contributed by atoms with E-state index in [1.54, 1.807) is 24.6 Å². The van der Waals surface area contributed by atoms with Crippen LogP contribution < -0.4 is 5.32 Å². The maximum absolute atomic E-state index is 12.6. The number of ether oxygens (including phenoxy) is 1. The van der Waals surface area contributed by atoms with Crippen LogP contribution in [0, 0.1) is 0 Å². The van der Waals surface area contributed by atoms with E-state index >= 15 is 0 Å². The highest BCUT2D eigenvalue weighted by atomic mass is 32.2. The second kappa shape index (κ2) is 6.33. The fourth-order valence-electron chi connectivity index (χ4n) is 2.33. The minimum absolute atomic E-state index is 0.278. The van der Waals surface area contributed by atoms with E-state index in [0.717, 1.165) is 11.5 Å². The summed E-state index contributed by atoms with van der Waals surface area (Å²) in [5, 5.41) is 4.74. The molecule has 0 aromatic carbocycles. The lowest BCUT2D eigenvalue weighted by molar-refractivity contribution is -0.00480. The molecule has 6 nitrogen and oxygen atoms in total. The number of nitrogens with zero attached hydrogens (tertiary/aromatic N) is 2. The first kappa shape index (κ1) is 15.4. The summed E-state index contributed by atoms with van der Waals surface area (Å²) in [7, 11) is -1.65. The smallest absolute Gasteiger partial charge is 0.252 e. The van der Waals surface area contributed by atoms with Crippen LogP contribution in [0.3, 0.4) is 0 Å². The van der Waals surface area contributed by atoms with Crippen molar-refractivity contribution < 1.29 is 13.2 Å². The van der Waals surface area contributed by atoms with Gasteiger partial charge in [-0.1, -0.05) is 12.1 Å². The number of anilines is 1. The molecule has 8 heteroatoms. The van der Waals surface area contributed by atoms with Crippen LogP contribution in [-0.4, -0.2) is 44.5 Å². The van der Waals surface area contributed by atoms with Gasteiger partial charge in [-0.15, -0.1) is 11.3 Å². The average Bonchev–Trinajstić information content (AvgIpc) is 3.10. The van der Waals surface area contributed by atoms with Gasteiger partial charge in [0.25, 0.3) is 10.0 Å². The van der Waals surface area contributed by atoms with Crippen molar-refractivity contribution in [3.8, 4) is 0 Å². The van der Waals surface area contributed by atoms with E-state index in [9.17, 15) is 8.42 Å². The maximum Gasteiger partial charge on any atom is 0.252 e. The van der Waals surface area contributed by atoms with E-state index in [1.165, 1.54) is 15.6 Å². The van der Waals surface area contributed by atoms with Crippen LogP contribution in [0.1, 0.15) is 11.8 Å². The summed E-state index contributed by atoms with van der Waals surface area (Å²) in [6, 6.07) is 8.96. The van der Waals surface area contributed by atoms with E-state index < -0.39 is 10.0 Å². The molecule has 22 heavy (non-hydrogen) atoms. The topological polar surface area (TPSA) is 71.5 Å². The Morgan fingerprint density at radius 1 is 1.36 bits per heavy atom. The SMILES string of the molecule is CNc1cccc(C2CN(S(=O)(=O)c3cccs3)CCO2)n1. The number of rotatable bonds is 4. The molecule has 0 aliphatic carbocycles. The summed E-state index contributed by atoms with van der Waals surface area (Å²) in [6.45, 7) is 1.00. The third-order valence-electron chi connectivity index (χ3n) is 3.48. The minimum atomic E-state index is -3.45. The lowest BCUT2D eigenvalue weighted by Gasteiger charge is -2.31. The molecule has 0 radical (unpaired) electrons. The van der Waals surface area contributed by atoms with Crippen LogP contribution in [0.4, 0.5) is 5.82 Å². The quantitative estimate of drug-likeness (QED) is 0.922. The van der Waals surface area contributed by atoms with Crippen LogP contribution in [0.2, 0.25) is 0 Å². The summed E-state index contributed by atoms with van der Waals surface area (Å²) >= 11 is 1.23. The number of pyridine rings is 1. The molecule has 1 fully saturated rings. The van der Waals surface area contributed by atoms with Crippen molar-refractivity contribution >= 4 is 27.2 Å². The predicted molar refractivity (Wildman–Crippen MR) is 85.6 cm³/mol. The Morgan fingerprint density at radius 2 is 2.23 bits per heavy atom. The summed E-state index contributed by atoms with van der Waals surface area (Å²) in [5.74, 6) is 0.735. The molecule has 0 saturated carbocycles. The van der Waals surface area contributed by atoms with Crippen LogP contribution in [-0.2, 0) is 14.8 Å². The monoisotopic (exact) mass is 339 g/mol. The van der Waals surface area contributed by atoms with Crippen LogP contribution in [0.5, 0.6) is 0 Å². The van der Waals surface area contributed by atoms with Crippen LogP contribution in [0.15, 0.2) is 39.9 Å². The maximum atomic E-state index is 12.6. The van der Waals surface area contributed by atoms with Gasteiger partial charge >= 0.3 is 0 Å². The van der Waals surface area contributed by atoms with Gasteiger partial charge in [0.1, 0.15) is 16.1 Å². The van der Waals surface area contributed by atoms with Crippen LogP contribution >= 0.6 is 11.3 Å². The average molecular weight is 339 g/mol. The molecule has 1 unspecified atom stereocenters. The van der Waals surface area contributed by atoms with Crippen molar-refractivity contribution in [3.63, 3.8) is 0 Å². The minimum Gasteiger partial charge on any atom is -0.373 e. The Bertz CT molecular complexity index is 732. The molecular weight excluding hydrogens is 322 g/mol. The Balaban J connectivity index is 1.82. The number of hydrogen-bond donors (Lipinski definition) is 1. The summed E-state index contributed by atoms with van der Waals surface area (Å²) in [4.78, 5) is 4.44. The molecule has 3 heterocycles. The van der Waals surface area contributed by atoms with Crippen molar-refractivity contribution in [1.29, 1.82) is 0 Å². The number of nitrogens with one attached hydrogen (secondary N) is 1. The molecule has 2 aromatic heterocycles. The third kappa shape index (κ3) is 3.00. The van der Waals surface area contributed by atoms with Gasteiger partial charge in [-0.3, -0.25) is 0 Å². The van der Waals surface area contributed by atoms with E-state index in [-0.39, 0.29) is 12.6 Å². The highest BCUT2D eigenvalue weighted by Crippen LogP contribution is 2.27. The standard InChI is InChI=1S/C14H17N3O3S2/c1-15-13-5-2-4-11(16-13)12-10-17(7-8-20-12)22(18,19)14-6-3-9-21-14/h2-6,9,12H,7-8,10H2,1H3,(H,15,16). The lowest BCUT2D eigenvalue weighted by atomic mass is 10.2. The first-order valence-electron chi connectivity index (χ1n) is 6.91. The van der Waals surface area contributed by atoms with Gasteiger partial charge < -0.3 is 10.1 Å².